The second-order valence-corrected chi connectivity index (χ2v) is 11.7. The lowest BCUT2D eigenvalue weighted by molar-refractivity contribution is 0.0993. The quantitative estimate of drug-likeness (QED) is 0.377. The molecule has 4 rings (SSSR count). The first-order valence-electron chi connectivity index (χ1n) is 13.6. The van der Waals surface area contributed by atoms with Crippen LogP contribution in [0.5, 0.6) is 0 Å². The fourth-order valence-corrected chi connectivity index (χ4v) is 5.66. The maximum absolute atomic E-state index is 13.7. The molecule has 2 aliphatic rings. The van der Waals surface area contributed by atoms with Gasteiger partial charge in [0, 0.05) is 22.3 Å². The lowest BCUT2D eigenvalue weighted by Gasteiger charge is -2.34. The highest BCUT2D eigenvalue weighted by Gasteiger charge is 2.37. The summed E-state index contributed by atoms with van der Waals surface area (Å²) in [6.45, 7) is 13.1. The van der Waals surface area contributed by atoms with Gasteiger partial charge >= 0.3 is 0 Å². The maximum atomic E-state index is 13.7. The highest BCUT2D eigenvalue weighted by atomic mass is 16.1. The number of hydrogen-bond donors (Lipinski definition) is 0. The van der Waals surface area contributed by atoms with E-state index in [4.69, 9.17) is 0 Å². The Morgan fingerprint density at radius 1 is 0.556 bits per heavy atom. The second-order valence-electron chi connectivity index (χ2n) is 11.7. The standard InChI is InChI=1S/C34H40O2/c1-7-9-19-33(3,4)29-21-27(23-15-11-13-17-25(23)31(29)35)28-22-30(34(5,6)20-10-8-2)32(36)26-18-14-12-16-24(26)28/h11-18,21-22H,7-10,19-20H2,1-6H3/b28-27+. The first kappa shape index (κ1) is 26.1. The number of carbonyl (C=O) groups is 2. The van der Waals surface area contributed by atoms with Gasteiger partial charge in [0.25, 0.3) is 0 Å². The van der Waals surface area contributed by atoms with Crippen LogP contribution in [0.3, 0.4) is 0 Å². The Balaban J connectivity index is 2.03. The molecule has 0 bridgehead atoms. The van der Waals surface area contributed by atoms with Gasteiger partial charge in [-0.25, -0.2) is 0 Å². The number of benzene rings is 2. The number of ketones is 2. The summed E-state index contributed by atoms with van der Waals surface area (Å²) in [6.07, 6.45) is 10.6. The molecular formula is C34H40O2. The minimum atomic E-state index is -0.233. The predicted octanol–water partition coefficient (Wildman–Crippen LogP) is 9.28. The second kappa shape index (κ2) is 10.2. The van der Waals surface area contributed by atoms with Crippen LogP contribution < -0.4 is 0 Å². The molecule has 0 unspecified atom stereocenters. The Morgan fingerprint density at radius 2 is 0.889 bits per heavy atom. The summed E-state index contributed by atoms with van der Waals surface area (Å²) in [5.74, 6) is 0.257. The van der Waals surface area contributed by atoms with Gasteiger partial charge in [-0.05, 0) is 58.1 Å². The third kappa shape index (κ3) is 4.71. The molecule has 0 saturated carbocycles. The molecule has 0 aliphatic heterocycles. The van der Waals surface area contributed by atoms with Crippen LogP contribution in [0.1, 0.15) is 112 Å². The number of fused-ring (bicyclic) bond motifs is 2. The fourth-order valence-electron chi connectivity index (χ4n) is 5.66. The van der Waals surface area contributed by atoms with E-state index in [2.05, 4.69) is 65.8 Å². The first-order valence-corrected chi connectivity index (χ1v) is 13.6. The van der Waals surface area contributed by atoms with E-state index in [0.29, 0.717) is 0 Å². The number of rotatable bonds is 8. The monoisotopic (exact) mass is 480 g/mol. The summed E-state index contributed by atoms with van der Waals surface area (Å²) in [5.41, 5.74) is 6.80. The van der Waals surface area contributed by atoms with Crippen molar-refractivity contribution in [2.75, 3.05) is 0 Å². The summed E-state index contributed by atoms with van der Waals surface area (Å²) < 4.78 is 0. The van der Waals surface area contributed by atoms with Gasteiger partial charge < -0.3 is 0 Å². The number of carbonyl (C=O) groups excluding carboxylic acids is 2. The van der Waals surface area contributed by atoms with Crippen molar-refractivity contribution in [1.29, 1.82) is 0 Å². The Morgan fingerprint density at radius 3 is 1.22 bits per heavy atom. The van der Waals surface area contributed by atoms with Gasteiger partial charge in [-0.1, -0.05) is 116 Å². The molecule has 188 valence electrons. The summed E-state index contributed by atoms with van der Waals surface area (Å²) in [6, 6.07) is 15.9. The molecule has 0 fully saturated rings. The van der Waals surface area contributed by atoms with E-state index >= 15 is 0 Å². The van der Waals surface area contributed by atoms with Gasteiger partial charge in [-0.15, -0.1) is 0 Å². The van der Waals surface area contributed by atoms with Gasteiger partial charge in [0.05, 0.1) is 0 Å². The van der Waals surface area contributed by atoms with Crippen LogP contribution in [0.2, 0.25) is 0 Å². The van der Waals surface area contributed by atoms with Crippen molar-refractivity contribution in [2.45, 2.75) is 80.1 Å². The lowest BCUT2D eigenvalue weighted by atomic mass is 9.69. The zero-order valence-electron chi connectivity index (χ0n) is 22.8. The van der Waals surface area contributed by atoms with Crippen molar-refractivity contribution >= 4 is 22.7 Å². The van der Waals surface area contributed by atoms with Crippen molar-refractivity contribution in [3.63, 3.8) is 0 Å². The van der Waals surface area contributed by atoms with Crippen LogP contribution in [0, 0.1) is 10.8 Å². The zero-order valence-corrected chi connectivity index (χ0v) is 22.8. The Hall–Kier alpha value is -3.00. The van der Waals surface area contributed by atoms with Gasteiger partial charge in [-0.3, -0.25) is 9.59 Å². The maximum Gasteiger partial charge on any atom is 0.190 e. The van der Waals surface area contributed by atoms with Crippen molar-refractivity contribution < 1.29 is 9.59 Å². The van der Waals surface area contributed by atoms with Crippen molar-refractivity contribution in [1.82, 2.24) is 0 Å². The molecule has 2 heteroatoms. The Bertz CT molecular complexity index is 1180. The molecule has 36 heavy (non-hydrogen) atoms. The van der Waals surface area contributed by atoms with Gasteiger partial charge in [-0.2, -0.15) is 0 Å². The van der Waals surface area contributed by atoms with Crippen LogP contribution >= 0.6 is 0 Å². The van der Waals surface area contributed by atoms with E-state index in [-0.39, 0.29) is 22.4 Å². The number of unbranched alkanes of at least 4 members (excludes halogenated alkanes) is 2. The summed E-state index contributed by atoms with van der Waals surface area (Å²) in [5, 5.41) is 0. The van der Waals surface area contributed by atoms with Gasteiger partial charge in [0.1, 0.15) is 0 Å². The number of Topliss-reactive ketones (excluding diaryl/α,β-unsaturated/α-hetero) is 2. The predicted molar refractivity (Wildman–Crippen MR) is 151 cm³/mol. The van der Waals surface area contributed by atoms with Gasteiger partial charge in [0.2, 0.25) is 0 Å². The molecule has 2 aliphatic carbocycles. The van der Waals surface area contributed by atoms with Gasteiger partial charge in [0.15, 0.2) is 11.6 Å². The SMILES string of the molecule is CCCCC(C)(C)C1=C/C(=C2/C=C(C(C)(C)CCCC)C(=O)c3ccccc32)c2ccccc2C1=O. The molecule has 0 amide bonds. The summed E-state index contributed by atoms with van der Waals surface area (Å²) in [4.78, 5) is 27.5. The zero-order chi connectivity index (χ0) is 26.1. The van der Waals surface area contributed by atoms with E-state index < -0.39 is 0 Å². The highest BCUT2D eigenvalue weighted by molar-refractivity contribution is 6.23. The van der Waals surface area contributed by atoms with E-state index in [9.17, 15) is 9.59 Å². The fraction of sp³-hybridized carbons (Fsp3) is 0.412. The Kier molecular flexibility index (Phi) is 7.36. The van der Waals surface area contributed by atoms with E-state index in [1.54, 1.807) is 0 Å². The molecule has 2 aromatic carbocycles. The molecule has 0 radical (unpaired) electrons. The largest absolute Gasteiger partial charge is 0.289 e. The third-order valence-corrected chi connectivity index (χ3v) is 8.05. The van der Waals surface area contributed by atoms with Crippen molar-refractivity contribution in [3.05, 3.63) is 94.1 Å². The first-order chi connectivity index (χ1) is 17.1. The van der Waals surface area contributed by atoms with Crippen LogP contribution in [0.25, 0.3) is 11.1 Å². The molecule has 0 heterocycles. The molecule has 0 saturated heterocycles. The van der Waals surface area contributed by atoms with E-state index in [0.717, 1.165) is 83.1 Å². The van der Waals surface area contributed by atoms with Crippen molar-refractivity contribution in [3.8, 4) is 0 Å². The van der Waals surface area contributed by atoms with Crippen LogP contribution in [-0.2, 0) is 0 Å². The lowest BCUT2D eigenvalue weighted by Crippen LogP contribution is -2.27. The average Bonchev–Trinajstić information content (AvgIpc) is 2.87. The molecule has 0 spiro atoms. The molecule has 0 aromatic heterocycles. The summed E-state index contributed by atoms with van der Waals surface area (Å²) in [7, 11) is 0. The topological polar surface area (TPSA) is 34.1 Å². The van der Waals surface area contributed by atoms with Crippen LogP contribution in [0.4, 0.5) is 0 Å². The number of hydrogen-bond acceptors (Lipinski definition) is 2. The minimum Gasteiger partial charge on any atom is -0.289 e. The Labute approximate surface area is 217 Å². The highest BCUT2D eigenvalue weighted by Crippen LogP contribution is 2.47. The normalized spacial score (nSPS) is 17.9. The number of allylic oxidation sites excluding steroid dienone is 6. The van der Waals surface area contributed by atoms with E-state index in [1.807, 2.05) is 36.4 Å². The van der Waals surface area contributed by atoms with Crippen LogP contribution in [0.15, 0.2) is 71.8 Å². The third-order valence-electron chi connectivity index (χ3n) is 8.05. The van der Waals surface area contributed by atoms with Crippen molar-refractivity contribution in [2.24, 2.45) is 10.8 Å². The smallest absolute Gasteiger partial charge is 0.190 e. The minimum absolute atomic E-state index is 0.128. The molecule has 2 aromatic rings. The molecule has 0 N–H and O–H groups in total. The van der Waals surface area contributed by atoms with E-state index in [1.165, 1.54) is 0 Å². The average molecular weight is 481 g/mol. The molecule has 2 nitrogen and oxygen atoms in total. The van der Waals surface area contributed by atoms with Crippen LogP contribution in [-0.4, -0.2) is 11.6 Å². The molecular weight excluding hydrogens is 440 g/mol. The summed E-state index contributed by atoms with van der Waals surface area (Å²) >= 11 is 0. The molecule has 0 atom stereocenters.